The van der Waals surface area contributed by atoms with Crippen molar-refractivity contribution in [3.63, 3.8) is 0 Å². The van der Waals surface area contributed by atoms with Gasteiger partial charge in [-0.1, -0.05) is 52.3 Å². The van der Waals surface area contributed by atoms with Crippen LogP contribution in [0, 0.1) is 17.0 Å². The zero-order valence-electron chi connectivity index (χ0n) is 17.4. The maximum atomic E-state index is 11.0. The molecule has 0 amide bonds. The number of pyridine rings is 1. The van der Waals surface area contributed by atoms with E-state index in [1.807, 2.05) is 55.5 Å². The number of para-hydroxylation sites is 1. The molecule has 0 spiro atoms. The molecule has 0 aliphatic rings. The van der Waals surface area contributed by atoms with Crippen LogP contribution in [0.2, 0.25) is 0 Å². The van der Waals surface area contributed by atoms with Crippen LogP contribution >= 0.6 is 31.9 Å². The van der Waals surface area contributed by atoms with Gasteiger partial charge >= 0.3 is 0 Å². The van der Waals surface area contributed by atoms with Crippen molar-refractivity contribution < 1.29 is 4.92 Å². The van der Waals surface area contributed by atoms with Crippen LogP contribution in [0.1, 0.15) is 16.8 Å². The highest BCUT2D eigenvalue weighted by molar-refractivity contribution is 9.11. The minimum atomic E-state index is -0.440. The van der Waals surface area contributed by atoms with E-state index in [4.69, 9.17) is 9.98 Å². The number of fused-ring (bicyclic) bond motifs is 1. The Bertz CT molecular complexity index is 1400. The van der Waals surface area contributed by atoms with Gasteiger partial charge in [0.2, 0.25) is 0 Å². The molecule has 0 aliphatic carbocycles. The number of nitrogens with one attached hydrogen (secondary N) is 1. The highest BCUT2D eigenvalue weighted by atomic mass is 79.9. The van der Waals surface area contributed by atoms with Gasteiger partial charge in [-0.3, -0.25) is 15.5 Å². The second kappa shape index (κ2) is 10.0. The zero-order chi connectivity index (χ0) is 23.4. The summed E-state index contributed by atoms with van der Waals surface area (Å²) in [4.78, 5) is 20.1. The number of non-ortho nitro benzene ring substituents is 1. The van der Waals surface area contributed by atoms with Gasteiger partial charge in [-0.2, -0.15) is 5.10 Å². The summed E-state index contributed by atoms with van der Waals surface area (Å²) in [5.74, 6) is 0.438. The molecule has 0 atom stereocenters. The number of rotatable bonds is 5. The van der Waals surface area contributed by atoms with Crippen molar-refractivity contribution in [2.45, 2.75) is 6.92 Å². The summed E-state index contributed by atoms with van der Waals surface area (Å²) < 4.78 is 1.75. The molecule has 0 saturated carbocycles. The molecule has 4 rings (SSSR count). The molecule has 1 heterocycles. The quantitative estimate of drug-likeness (QED) is 0.126. The Kier molecular flexibility index (Phi) is 6.90. The number of nitro benzene ring substituents is 1. The lowest BCUT2D eigenvalue weighted by atomic mass is 10.2. The summed E-state index contributed by atoms with van der Waals surface area (Å²) in [6.45, 7) is 1.96. The number of hydrogen-bond acceptors (Lipinski definition) is 5. The third-order valence-corrected chi connectivity index (χ3v) is 5.81. The normalized spacial score (nSPS) is 11.8. The molecule has 3 aromatic carbocycles. The summed E-state index contributed by atoms with van der Waals surface area (Å²) in [5.41, 5.74) is 6.69. The van der Waals surface area contributed by atoms with Crippen molar-refractivity contribution >= 4 is 66.2 Å². The Hall–Kier alpha value is -3.43. The van der Waals surface area contributed by atoms with Crippen molar-refractivity contribution in [3.8, 4) is 0 Å². The van der Waals surface area contributed by atoms with Gasteiger partial charge in [0.1, 0.15) is 5.69 Å². The van der Waals surface area contributed by atoms with Crippen molar-refractivity contribution in [2.24, 2.45) is 10.1 Å². The minimum Gasteiger partial charge on any atom is -0.260 e. The lowest BCUT2D eigenvalue weighted by molar-refractivity contribution is -0.384. The van der Waals surface area contributed by atoms with Gasteiger partial charge in [-0.25, -0.2) is 9.98 Å². The Morgan fingerprint density at radius 2 is 1.88 bits per heavy atom. The van der Waals surface area contributed by atoms with E-state index in [2.05, 4.69) is 42.4 Å². The number of amidine groups is 1. The number of aliphatic imine (C=N–C) groups is 1. The lowest BCUT2D eigenvalue weighted by Crippen LogP contribution is -2.20. The molecule has 164 valence electrons. The first-order chi connectivity index (χ1) is 15.9. The van der Waals surface area contributed by atoms with Crippen molar-refractivity contribution in [1.29, 1.82) is 0 Å². The number of hydrazone groups is 1. The van der Waals surface area contributed by atoms with E-state index in [9.17, 15) is 10.1 Å². The van der Waals surface area contributed by atoms with E-state index in [-0.39, 0.29) is 5.69 Å². The number of benzene rings is 3. The Morgan fingerprint density at radius 1 is 1.06 bits per heavy atom. The van der Waals surface area contributed by atoms with Crippen LogP contribution in [0.5, 0.6) is 0 Å². The van der Waals surface area contributed by atoms with Crippen molar-refractivity contribution in [3.05, 3.63) is 109 Å². The standard InChI is InChI=1S/C24H17Br2N5O2/c1-15-11-18(25)13-20(26)23(15)29-24(22-10-9-17-6-2-3-8-21(17)28-22)30-27-14-16-5-4-7-19(12-16)31(32)33/h2-14H,1H3,(H,29,30)/b27-14+. The van der Waals surface area contributed by atoms with Crippen LogP contribution in [0.25, 0.3) is 10.9 Å². The third kappa shape index (κ3) is 5.50. The fourth-order valence-electron chi connectivity index (χ4n) is 3.17. The van der Waals surface area contributed by atoms with Crippen LogP contribution < -0.4 is 5.43 Å². The molecule has 0 bridgehead atoms. The van der Waals surface area contributed by atoms with Crippen LogP contribution in [-0.2, 0) is 0 Å². The molecule has 0 aliphatic heterocycles. The smallest absolute Gasteiger partial charge is 0.260 e. The molecule has 0 unspecified atom stereocenters. The molecule has 33 heavy (non-hydrogen) atoms. The van der Waals surface area contributed by atoms with Crippen LogP contribution in [0.3, 0.4) is 0 Å². The number of nitro groups is 1. The van der Waals surface area contributed by atoms with E-state index >= 15 is 0 Å². The first-order valence-electron chi connectivity index (χ1n) is 9.85. The fourth-order valence-corrected chi connectivity index (χ4v) is 4.70. The van der Waals surface area contributed by atoms with Crippen LogP contribution in [0.15, 0.2) is 91.8 Å². The van der Waals surface area contributed by atoms with Gasteiger partial charge in [-0.15, -0.1) is 0 Å². The first-order valence-corrected chi connectivity index (χ1v) is 11.4. The zero-order valence-corrected chi connectivity index (χ0v) is 20.5. The summed E-state index contributed by atoms with van der Waals surface area (Å²) in [5, 5.41) is 16.3. The van der Waals surface area contributed by atoms with Crippen LogP contribution in [0.4, 0.5) is 11.4 Å². The minimum absolute atomic E-state index is 0.00143. The topological polar surface area (TPSA) is 92.8 Å². The molecule has 0 fully saturated rings. The Balaban J connectivity index is 1.74. The summed E-state index contributed by atoms with van der Waals surface area (Å²) >= 11 is 7.07. The highest BCUT2D eigenvalue weighted by Crippen LogP contribution is 2.33. The molecular weight excluding hydrogens is 550 g/mol. The summed E-state index contributed by atoms with van der Waals surface area (Å²) in [7, 11) is 0. The van der Waals surface area contributed by atoms with Gasteiger partial charge < -0.3 is 0 Å². The molecule has 4 aromatic rings. The van der Waals surface area contributed by atoms with E-state index in [1.165, 1.54) is 18.3 Å². The van der Waals surface area contributed by atoms with Gasteiger partial charge in [-0.05, 0) is 52.7 Å². The fraction of sp³-hybridized carbons (Fsp3) is 0.0417. The van der Waals surface area contributed by atoms with Crippen molar-refractivity contribution in [1.82, 2.24) is 10.4 Å². The number of aryl methyl sites for hydroxylation is 1. The molecule has 7 nitrogen and oxygen atoms in total. The third-order valence-electron chi connectivity index (χ3n) is 4.75. The molecule has 1 aromatic heterocycles. The average molecular weight is 567 g/mol. The molecule has 0 saturated heterocycles. The summed E-state index contributed by atoms with van der Waals surface area (Å²) in [6, 6.07) is 21.8. The number of hydrogen-bond donors (Lipinski definition) is 1. The highest BCUT2D eigenvalue weighted by Gasteiger charge is 2.11. The molecule has 0 radical (unpaired) electrons. The number of nitrogens with zero attached hydrogens (tertiary/aromatic N) is 4. The van der Waals surface area contributed by atoms with Gasteiger partial charge in [0, 0.05) is 32.0 Å². The van der Waals surface area contributed by atoms with Gasteiger partial charge in [0.15, 0.2) is 5.84 Å². The number of halogens is 2. The Labute approximate surface area is 206 Å². The summed E-state index contributed by atoms with van der Waals surface area (Å²) in [6.07, 6.45) is 1.51. The second-order valence-corrected chi connectivity index (χ2v) is 8.89. The molecule has 1 N–H and O–H groups in total. The van der Waals surface area contributed by atoms with E-state index < -0.39 is 4.92 Å². The maximum Gasteiger partial charge on any atom is 0.270 e. The van der Waals surface area contributed by atoms with E-state index in [0.717, 1.165) is 31.1 Å². The monoisotopic (exact) mass is 565 g/mol. The first kappa shape index (κ1) is 22.8. The van der Waals surface area contributed by atoms with Gasteiger partial charge in [0.25, 0.3) is 5.69 Å². The predicted molar refractivity (Wildman–Crippen MR) is 138 cm³/mol. The average Bonchev–Trinajstić information content (AvgIpc) is 2.80. The van der Waals surface area contributed by atoms with E-state index in [0.29, 0.717) is 17.1 Å². The maximum absolute atomic E-state index is 11.0. The van der Waals surface area contributed by atoms with Gasteiger partial charge in [0.05, 0.1) is 22.3 Å². The number of aromatic nitrogens is 1. The van der Waals surface area contributed by atoms with E-state index in [1.54, 1.807) is 12.1 Å². The SMILES string of the molecule is Cc1cc(Br)cc(Br)c1N=C(N/N=C/c1cccc([N+](=O)[O-])c1)c1ccc2ccccc2n1. The van der Waals surface area contributed by atoms with Crippen molar-refractivity contribution in [2.75, 3.05) is 0 Å². The lowest BCUT2D eigenvalue weighted by Gasteiger charge is -2.10. The predicted octanol–water partition coefficient (Wildman–Crippen LogP) is 6.68. The van der Waals surface area contributed by atoms with Crippen LogP contribution in [-0.4, -0.2) is 22.0 Å². The second-order valence-electron chi connectivity index (χ2n) is 7.12. The largest absolute Gasteiger partial charge is 0.270 e. The molecular formula is C24H17Br2N5O2. The Morgan fingerprint density at radius 3 is 2.67 bits per heavy atom. The molecule has 9 heteroatoms.